The lowest BCUT2D eigenvalue weighted by molar-refractivity contribution is -0.886. The molecule has 2 aliphatic heterocycles. The van der Waals surface area contributed by atoms with E-state index in [1.807, 2.05) is 36.4 Å². The lowest BCUT2D eigenvalue weighted by atomic mass is 9.87. The van der Waals surface area contributed by atoms with Crippen molar-refractivity contribution < 1.29 is 9.69 Å². The summed E-state index contributed by atoms with van der Waals surface area (Å²) in [6.45, 7) is 4.35. The van der Waals surface area contributed by atoms with Crippen molar-refractivity contribution in [1.29, 1.82) is 0 Å². The number of hydrogen-bond acceptors (Lipinski definition) is 1. The van der Waals surface area contributed by atoms with Crippen molar-refractivity contribution >= 4 is 11.6 Å². The zero-order chi connectivity index (χ0) is 20.7. The molecule has 0 spiro atoms. The number of rotatable bonds is 3. The highest BCUT2D eigenvalue weighted by Gasteiger charge is 2.47. The first-order chi connectivity index (χ1) is 14.6. The van der Waals surface area contributed by atoms with Crippen LogP contribution >= 0.6 is 0 Å². The molecule has 3 aromatic carbocycles. The Kier molecular flexibility index (Phi) is 4.92. The van der Waals surface area contributed by atoms with E-state index < -0.39 is 0 Å². The van der Waals surface area contributed by atoms with Crippen LogP contribution < -0.4 is 9.80 Å². The van der Waals surface area contributed by atoms with Crippen molar-refractivity contribution in [3.8, 4) is 0 Å². The highest BCUT2D eigenvalue weighted by molar-refractivity contribution is 6.02. The van der Waals surface area contributed by atoms with Crippen molar-refractivity contribution in [3.63, 3.8) is 0 Å². The van der Waals surface area contributed by atoms with Gasteiger partial charge in [0.1, 0.15) is 0 Å². The summed E-state index contributed by atoms with van der Waals surface area (Å²) in [5, 5.41) is 0. The Bertz CT molecular complexity index is 1010. The van der Waals surface area contributed by atoms with Crippen LogP contribution in [0.1, 0.15) is 40.5 Å². The highest BCUT2D eigenvalue weighted by Crippen LogP contribution is 2.45. The molecule has 30 heavy (non-hydrogen) atoms. The number of carbonyl (C=O) groups is 1. The first-order valence-corrected chi connectivity index (χ1v) is 11.0. The van der Waals surface area contributed by atoms with Crippen LogP contribution in [0.25, 0.3) is 0 Å². The maximum absolute atomic E-state index is 14.2. The van der Waals surface area contributed by atoms with E-state index >= 15 is 0 Å². The minimum Gasteiger partial charge on any atom is -0.337 e. The molecule has 3 aromatic rings. The number of anilines is 1. The number of nitrogens with one attached hydrogen (secondary N) is 1. The van der Waals surface area contributed by atoms with Gasteiger partial charge < -0.3 is 9.80 Å². The van der Waals surface area contributed by atoms with Gasteiger partial charge in [-0.3, -0.25) is 4.79 Å². The van der Waals surface area contributed by atoms with Gasteiger partial charge in [0.2, 0.25) is 5.91 Å². The summed E-state index contributed by atoms with van der Waals surface area (Å²) in [5.74, 6) is 0.335. The molecule has 3 atom stereocenters. The predicted molar refractivity (Wildman–Crippen MR) is 121 cm³/mol. The average molecular weight is 398 g/mol. The molecule has 1 N–H and O–H groups in total. The van der Waals surface area contributed by atoms with Crippen LogP contribution in [0, 0.1) is 6.92 Å². The number of aryl methyl sites for hydroxylation is 1. The first-order valence-electron chi connectivity index (χ1n) is 11.0. The van der Waals surface area contributed by atoms with E-state index in [-0.39, 0.29) is 17.9 Å². The Hall–Kier alpha value is -2.91. The van der Waals surface area contributed by atoms with Crippen LogP contribution in [0.4, 0.5) is 5.69 Å². The Labute approximate surface area is 178 Å². The van der Waals surface area contributed by atoms with E-state index in [2.05, 4.69) is 61.3 Å². The van der Waals surface area contributed by atoms with Crippen molar-refractivity contribution in [2.75, 3.05) is 25.0 Å². The molecule has 0 saturated carbocycles. The second-order valence-electron chi connectivity index (χ2n) is 8.90. The zero-order valence-electron chi connectivity index (χ0n) is 17.7. The van der Waals surface area contributed by atoms with E-state index in [0.717, 1.165) is 36.3 Å². The molecule has 2 aliphatic rings. The average Bonchev–Trinajstić information content (AvgIpc) is 3.08. The summed E-state index contributed by atoms with van der Waals surface area (Å²) in [6, 6.07) is 27.3. The minimum absolute atomic E-state index is 0.199. The van der Waals surface area contributed by atoms with Gasteiger partial charge in [-0.05, 0) is 29.7 Å². The van der Waals surface area contributed by atoms with Crippen LogP contribution in [0.3, 0.4) is 0 Å². The van der Waals surface area contributed by atoms with Crippen molar-refractivity contribution in [3.05, 3.63) is 101 Å². The summed E-state index contributed by atoms with van der Waals surface area (Å²) in [6.07, 6.45) is 1.05. The van der Waals surface area contributed by atoms with Gasteiger partial charge in [-0.15, -0.1) is 0 Å². The van der Waals surface area contributed by atoms with Crippen molar-refractivity contribution in [2.45, 2.75) is 31.2 Å². The summed E-state index contributed by atoms with van der Waals surface area (Å²) < 4.78 is 0. The van der Waals surface area contributed by atoms with Crippen LogP contribution in [-0.2, 0) is 4.79 Å². The minimum atomic E-state index is -0.285. The lowest BCUT2D eigenvalue weighted by Gasteiger charge is -2.36. The van der Waals surface area contributed by atoms with Crippen LogP contribution in [-0.4, -0.2) is 32.1 Å². The number of likely N-dealkylation sites (tertiary alicyclic amines) is 1. The second kappa shape index (κ2) is 7.73. The molecule has 3 heteroatoms. The molecule has 0 aromatic heterocycles. The summed E-state index contributed by atoms with van der Waals surface area (Å²) in [4.78, 5) is 18.0. The predicted octanol–water partition coefficient (Wildman–Crippen LogP) is 3.54. The smallest absolute Gasteiger partial charge is 0.239 e. The van der Waals surface area contributed by atoms with Gasteiger partial charge in [0.05, 0.1) is 38.0 Å². The van der Waals surface area contributed by atoms with E-state index in [1.165, 1.54) is 11.1 Å². The Morgan fingerprint density at radius 1 is 0.967 bits per heavy atom. The number of benzene rings is 3. The molecule has 2 heterocycles. The molecular weight excluding hydrogens is 368 g/mol. The summed E-state index contributed by atoms with van der Waals surface area (Å²) in [5.41, 5.74) is 5.86. The van der Waals surface area contributed by atoms with Crippen LogP contribution in [0.5, 0.6) is 0 Å². The normalized spacial score (nSPS) is 22.6. The molecule has 1 fully saturated rings. The molecule has 0 bridgehead atoms. The number of likely N-dealkylation sites (N-methyl/N-ethyl adjacent to an activating group) is 1. The van der Waals surface area contributed by atoms with Gasteiger partial charge in [-0.2, -0.15) is 0 Å². The monoisotopic (exact) mass is 397 g/mol. The molecule has 1 amide bonds. The largest absolute Gasteiger partial charge is 0.337 e. The Balaban J connectivity index is 1.61. The number of carbonyl (C=O) groups excluding carboxylic acids is 1. The van der Waals surface area contributed by atoms with Crippen LogP contribution in [0.15, 0.2) is 78.9 Å². The van der Waals surface area contributed by atoms with E-state index in [1.54, 1.807) is 4.90 Å². The number of fused-ring (bicyclic) bond motifs is 3. The van der Waals surface area contributed by atoms with Gasteiger partial charge in [0.15, 0.2) is 0 Å². The lowest BCUT2D eigenvalue weighted by Crippen LogP contribution is -3.11. The van der Waals surface area contributed by atoms with Gasteiger partial charge in [-0.1, -0.05) is 78.4 Å². The third kappa shape index (κ3) is 3.23. The van der Waals surface area contributed by atoms with Crippen molar-refractivity contribution in [1.82, 2.24) is 0 Å². The molecule has 5 rings (SSSR count). The molecule has 152 valence electrons. The third-order valence-corrected chi connectivity index (χ3v) is 6.82. The molecule has 0 radical (unpaired) electrons. The Morgan fingerprint density at radius 2 is 1.60 bits per heavy atom. The second-order valence-corrected chi connectivity index (χ2v) is 8.90. The fourth-order valence-electron chi connectivity index (χ4n) is 5.39. The van der Waals surface area contributed by atoms with E-state index in [0.29, 0.717) is 5.92 Å². The highest BCUT2D eigenvalue weighted by atomic mass is 16.2. The maximum atomic E-state index is 14.2. The number of quaternary nitrogens is 1. The number of amides is 1. The standard InChI is InChI=1S/C27H28N2O/c1-19-13-14-24-22(17-19)23-18-28(2)16-15-25(23)29(24)27(30)26(20-9-5-3-6-10-20)21-11-7-4-8-12-21/h3-14,17,23,25-26H,15-16,18H2,1-2H3/p+1/t23-,25+/m1/s1. The van der Waals surface area contributed by atoms with Gasteiger partial charge in [0, 0.05) is 12.1 Å². The molecule has 0 aliphatic carbocycles. The first kappa shape index (κ1) is 19.1. The maximum Gasteiger partial charge on any atom is 0.239 e. The summed E-state index contributed by atoms with van der Waals surface area (Å²) >= 11 is 0. The molecule has 1 saturated heterocycles. The quantitative estimate of drug-likeness (QED) is 0.718. The fourth-order valence-corrected chi connectivity index (χ4v) is 5.39. The fraction of sp³-hybridized carbons (Fsp3) is 0.296. The SMILES string of the molecule is Cc1ccc2c(c1)[C@H]1C[NH+](C)CC[C@@H]1N2C(=O)C(c1ccccc1)c1ccccc1. The van der Waals surface area contributed by atoms with E-state index in [4.69, 9.17) is 0 Å². The number of piperidine rings is 1. The molecule has 1 unspecified atom stereocenters. The summed E-state index contributed by atoms with van der Waals surface area (Å²) in [7, 11) is 2.27. The Morgan fingerprint density at radius 3 is 2.23 bits per heavy atom. The van der Waals surface area contributed by atoms with Gasteiger partial charge in [-0.25, -0.2) is 0 Å². The molecular formula is C27H29N2O+. The van der Waals surface area contributed by atoms with Crippen LogP contribution in [0.2, 0.25) is 0 Å². The molecule has 3 nitrogen and oxygen atoms in total. The topological polar surface area (TPSA) is 24.8 Å². The number of hydrogen-bond donors (Lipinski definition) is 1. The zero-order valence-corrected chi connectivity index (χ0v) is 17.7. The van der Waals surface area contributed by atoms with Gasteiger partial charge in [0.25, 0.3) is 0 Å². The van der Waals surface area contributed by atoms with Gasteiger partial charge >= 0.3 is 0 Å². The van der Waals surface area contributed by atoms with E-state index in [9.17, 15) is 4.79 Å². The third-order valence-electron chi connectivity index (χ3n) is 6.82. The van der Waals surface area contributed by atoms with Crippen molar-refractivity contribution in [2.24, 2.45) is 0 Å². The number of nitrogens with zero attached hydrogens (tertiary/aromatic N) is 1.